The number of hydrogen-bond donors (Lipinski definition) is 3. The molecule has 2 heterocycles. The number of carbonyl (C=O) groups excluding carboxylic acids is 1. The summed E-state index contributed by atoms with van der Waals surface area (Å²) in [5.41, 5.74) is 2.74. The number of nitrogens with one attached hydrogen (secondary N) is 3. The summed E-state index contributed by atoms with van der Waals surface area (Å²) in [6, 6.07) is 13.6. The number of nitrogens with zero attached hydrogens (tertiary/aromatic N) is 2. The first-order chi connectivity index (χ1) is 13.4. The van der Waals surface area contributed by atoms with E-state index < -0.39 is 10.0 Å². The summed E-state index contributed by atoms with van der Waals surface area (Å²) in [6.07, 6.45) is 1.60. The first kappa shape index (κ1) is 18.1. The molecule has 0 aliphatic carbocycles. The van der Waals surface area contributed by atoms with Crippen LogP contribution in [0.5, 0.6) is 0 Å². The van der Waals surface area contributed by atoms with E-state index in [0.29, 0.717) is 16.3 Å². The average Bonchev–Trinajstić information content (AvgIpc) is 3.21. The van der Waals surface area contributed by atoms with Crippen LogP contribution in [0.3, 0.4) is 0 Å². The van der Waals surface area contributed by atoms with E-state index in [9.17, 15) is 13.2 Å². The maximum Gasteiger partial charge on any atom is 0.263 e. The summed E-state index contributed by atoms with van der Waals surface area (Å²) < 4.78 is 27.2. The summed E-state index contributed by atoms with van der Waals surface area (Å²) in [5, 5.41) is 14.3. The fourth-order valence-corrected chi connectivity index (χ4v) is 4.50. The Kier molecular flexibility index (Phi) is 4.57. The van der Waals surface area contributed by atoms with E-state index in [1.165, 1.54) is 12.1 Å². The van der Waals surface area contributed by atoms with E-state index in [2.05, 4.69) is 25.6 Å². The lowest BCUT2D eigenvalue weighted by Crippen LogP contribution is -2.12. The first-order valence-electron chi connectivity index (χ1n) is 8.23. The van der Waals surface area contributed by atoms with Gasteiger partial charge in [-0.05, 0) is 37.3 Å². The van der Waals surface area contributed by atoms with Gasteiger partial charge in [0, 0.05) is 23.1 Å². The Balaban J connectivity index is 1.50. The van der Waals surface area contributed by atoms with E-state index in [-0.39, 0.29) is 15.9 Å². The Morgan fingerprint density at radius 2 is 1.82 bits per heavy atom. The second-order valence-corrected chi connectivity index (χ2v) is 8.82. The standard InChI is InChI=1S/C18H15N5O3S2/c1-11-21-22-18(27-11)23-28(25,26)13-8-6-12(7-9-13)19-10-15-14-4-2-3-5-16(14)20-17(15)24/h2-10,19H,1H3,(H,20,24)(H,22,23). The number of benzene rings is 2. The molecule has 2 aromatic carbocycles. The third-order valence-electron chi connectivity index (χ3n) is 4.01. The van der Waals surface area contributed by atoms with Crippen LogP contribution in [0.2, 0.25) is 0 Å². The molecule has 0 radical (unpaired) electrons. The van der Waals surface area contributed by atoms with Gasteiger partial charge in [-0.3, -0.25) is 9.52 Å². The molecule has 3 aromatic rings. The van der Waals surface area contributed by atoms with Crippen LogP contribution >= 0.6 is 11.3 Å². The van der Waals surface area contributed by atoms with Crippen LogP contribution in [0.15, 0.2) is 59.6 Å². The molecular weight excluding hydrogens is 398 g/mol. The Bertz CT molecular complexity index is 1180. The van der Waals surface area contributed by atoms with Crippen molar-refractivity contribution in [2.75, 3.05) is 15.4 Å². The van der Waals surface area contributed by atoms with Gasteiger partial charge in [0.2, 0.25) is 5.13 Å². The lowest BCUT2D eigenvalue weighted by Gasteiger charge is -2.07. The van der Waals surface area contributed by atoms with Crippen molar-refractivity contribution in [3.63, 3.8) is 0 Å². The van der Waals surface area contributed by atoms with E-state index in [1.54, 1.807) is 25.3 Å². The molecule has 1 aromatic heterocycles. The highest BCUT2D eigenvalue weighted by molar-refractivity contribution is 7.93. The largest absolute Gasteiger partial charge is 0.361 e. The van der Waals surface area contributed by atoms with E-state index >= 15 is 0 Å². The number of anilines is 3. The van der Waals surface area contributed by atoms with Gasteiger partial charge in [-0.15, -0.1) is 10.2 Å². The summed E-state index contributed by atoms with van der Waals surface area (Å²) in [5.74, 6) is -0.190. The van der Waals surface area contributed by atoms with Gasteiger partial charge in [0.15, 0.2) is 0 Å². The van der Waals surface area contributed by atoms with Gasteiger partial charge in [0.25, 0.3) is 15.9 Å². The van der Waals surface area contributed by atoms with Crippen LogP contribution in [0.1, 0.15) is 10.6 Å². The second-order valence-electron chi connectivity index (χ2n) is 5.96. The summed E-state index contributed by atoms with van der Waals surface area (Å²) in [4.78, 5) is 12.2. The molecule has 1 amide bonds. The summed E-state index contributed by atoms with van der Waals surface area (Å²) >= 11 is 1.16. The number of fused-ring (bicyclic) bond motifs is 1. The quantitative estimate of drug-likeness (QED) is 0.554. The summed E-state index contributed by atoms with van der Waals surface area (Å²) in [6.45, 7) is 1.74. The molecule has 4 rings (SSSR count). The van der Waals surface area contributed by atoms with Gasteiger partial charge in [0.05, 0.1) is 10.5 Å². The van der Waals surface area contributed by atoms with Crippen molar-refractivity contribution in [2.24, 2.45) is 0 Å². The molecule has 8 nitrogen and oxygen atoms in total. The predicted octanol–water partition coefficient (Wildman–Crippen LogP) is 3.05. The van der Waals surface area contributed by atoms with Gasteiger partial charge < -0.3 is 10.6 Å². The SMILES string of the molecule is Cc1nnc(NS(=O)(=O)c2ccc(NC=C3C(=O)Nc4ccccc43)cc2)s1. The van der Waals surface area contributed by atoms with Crippen LogP contribution in [-0.4, -0.2) is 24.5 Å². The number of sulfonamides is 1. The highest BCUT2D eigenvalue weighted by Crippen LogP contribution is 2.31. The molecule has 0 atom stereocenters. The molecule has 0 bridgehead atoms. The number of rotatable bonds is 5. The number of hydrogen-bond acceptors (Lipinski definition) is 7. The average molecular weight is 413 g/mol. The fourth-order valence-electron chi connectivity index (χ4n) is 2.68. The van der Waals surface area contributed by atoms with E-state index in [1.807, 2.05) is 24.3 Å². The third-order valence-corrected chi connectivity index (χ3v) is 6.24. The van der Waals surface area contributed by atoms with Gasteiger partial charge in [-0.25, -0.2) is 8.42 Å². The van der Waals surface area contributed by atoms with Crippen molar-refractivity contribution >= 4 is 49.3 Å². The minimum atomic E-state index is -3.75. The van der Waals surface area contributed by atoms with Crippen LogP contribution in [0.4, 0.5) is 16.5 Å². The molecule has 0 saturated carbocycles. The molecule has 1 aliphatic heterocycles. The highest BCUT2D eigenvalue weighted by Gasteiger charge is 2.23. The minimum absolute atomic E-state index is 0.0995. The molecule has 0 spiro atoms. The second kappa shape index (κ2) is 7.06. The van der Waals surface area contributed by atoms with Crippen molar-refractivity contribution in [3.05, 3.63) is 65.3 Å². The lowest BCUT2D eigenvalue weighted by atomic mass is 10.1. The highest BCUT2D eigenvalue weighted by atomic mass is 32.2. The van der Waals surface area contributed by atoms with Gasteiger partial charge >= 0.3 is 0 Å². The Hall–Kier alpha value is -3.24. The molecule has 3 N–H and O–H groups in total. The fraction of sp³-hybridized carbons (Fsp3) is 0.0556. The zero-order chi connectivity index (χ0) is 19.7. The van der Waals surface area contributed by atoms with Crippen LogP contribution < -0.4 is 15.4 Å². The van der Waals surface area contributed by atoms with Crippen molar-refractivity contribution in [1.29, 1.82) is 0 Å². The normalized spacial score (nSPS) is 14.6. The van der Waals surface area contributed by atoms with Crippen LogP contribution in [0, 0.1) is 6.92 Å². The minimum Gasteiger partial charge on any atom is -0.361 e. The molecule has 0 unspecified atom stereocenters. The van der Waals surface area contributed by atoms with Crippen molar-refractivity contribution in [1.82, 2.24) is 10.2 Å². The Labute approximate surface area is 165 Å². The maximum absolute atomic E-state index is 12.4. The predicted molar refractivity (Wildman–Crippen MR) is 109 cm³/mol. The lowest BCUT2D eigenvalue weighted by molar-refractivity contribution is -0.110. The molecular formula is C18H15N5O3S2. The first-order valence-corrected chi connectivity index (χ1v) is 10.5. The zero-order valence-corrected chi connectivity index (χ0v) is 16.3. The summed E-state index contributed by atoms with van der Waals surface area (Å²) in [7, 11) is -3.75. The van der Waals surface area contributed by atoms with Crippen molar-refractivity contribution in [3.8, 4) is 0 Å². The maximum atomic E-state index is 12.4. The molecule has 1 aliphatic rings. The monoisotopic (exact) mass is 413 g/mol. The molecule has 10 heteroatoms. The smallest absolute Gasteiger partial charge is 0.263 e. The molecule has 0 fully saturated rings. The van der Waals surface area contributed by atoms with Crippen molar-refractivity contribution in [2.45, 2.75) is 11.8 Å². The Morgan fingerprint density at radius 3 is 2.54 bits per heavy atom. The van der Waals surface area contributed by atoms with Crippen LogP contribution in [-0.2, 0) is 14.8 Å². The number of aromatic nitrogens is 2. The van der Waals surface area contributed by atoms with Gasteiger partial charge in [0.1, 0.15) is 5.01 Å². The van der Waals surface area contributed by atoms with E-state index in [4.69, 9.17) is 0 Å². The van der Waals surface area contributed by atoms with Gasteiger partial charge in [-0.1, -0.05) is 29.5 Å². The Morgan fingerprint density at radius 1 is 1.07 bits per heavy atom. The number of carbonyl (C=O) groups is 1. The topological polar surface area (TPSA) is 113 Å². The molecule has 0 saturated heterocycles. The molecule has 28 heavy (non-hydrogen) atoms. The molecule has 142 valence electrons. The third kappa shape index (κ3) is 3.59. The number of aryl methyl sites for hydroxylation is 1. The zero-order valence-electron chi connectivity index (χ0n) is 14.6. The number of amides is 1. The van der Waals surface area contributed by atoms with Crippen LogP contribution in [0.25, 0.3) is 5.57 Å². The van der Waals surface area contributed by atoms with E-state index in [0.717, 1.165) is 22.6 Å². The van der Waals surface area contributed by atoms with Gasteiger partial charge in [-0.2, -0.15) is 0 Å². The van der Waals surface area contributed by atoms with Crippen molar-refractivity contribution < 1.29 is 13.2 Å². The number of para-hydroxylation sites is 1.